The number of thiophene rings is 1. The highest BCUT2D eigenvalue weighted by Gasteiger charge is 2.22. The monoisotopic (exact) mass is 405 g/mol. The number of hydrogen-bond donors (Lipinski definition) is 1. The van der Waals surface area contributed by atoms with E-state index in [1.54, 1.807) is 22.0 Å². The minimum Gasteiger partial charge on any atom is -0.348 e. The number of imidazole rings is 1. The van der Waals surface area contributed by atoms with Gasteiger partial charge in [-0.3, -0.25) is 9.36 Å². The number of nitrogens with zero attached hydrogens (tertiary/aromatic N) is 4. The SMILES string of the molecule is C=CCn1c(NCc2nc3ccccc3n2C)nc2sc3c(c2c1=O)CCCC3. The van der Waals surface area contributed by atoms with E-state index in [9.17, 15) is 4.79 Å². The lowest BCUT2D eigenvalue weighted by Crippen LogP contribution is -2.25. The van der Waals surface area contributed by atoms with E-state index in [2.05, 4.69) is 22.5 Å². The van der Waals surface area contributed by atoms with Gasteiger partial charge in [-0.25, -0.2) is 9.97 Å². The van der Waals surface area contributed by atoms with Crippen molar-refractivity contribution in [3.8, 4) is 0 Å². The third-order valence-electron chi connectivity index (χ3n) is 5.67. The average Bonchev–Trinajstić information content (AvgIpc) is 3.26. The van der Waals surface area contributed by atoms with Crippen LogP contribution in [0.5, 0.6) is 0 Å². The predicted molar refractivity (Wildman–Crippen MR) is 119 cm³/mol. The summed E-state index contributed by atoms with van der Waals surface area (Å²) in [7, 11) is 2.01. The molecule has 4 aromatic rings. The Bertz CT molecular complexity index is 1300. The number of benzene rings is 1. The van der Waals surface area contributed by atoms with Crippen LogP contribution in [0.4, 0.5) is 5.95 Å². The molecule has 7 heteroatoms. The van der Waals surface area contributed by atoms with E-state index in [1.807, 2.05) is 25.2 Å². The smallest absolute Gasteiger partial charge is 0.264 e. The van der Waals surface area contributed by atoms with E-state index < -0.39 is 0 Å². The number of para-hydroxylation sites is 2. The molecule has 0 amide bonds. The van der Waals surface area contributed by atoms with Crippen LogP contribution in [0.2, 0.25) is 0 Å². The molecular formula is C22H23N5OS. The van der Waals surface area contributed by atoms with E-state index in [4.69, 9.17) is 9.97 Å². The second-order valence-electron chi connectivity index (χ2n) is 7.46. The molecule has 0 unspecified atom stereocenters. The summed E-state index contributed by atoms with van der Waals surface area (Å²) in [5.74, 6) is 1.48. The number of aromatic nitrogens is 4. The summed E-state index contributed by atoms with van der Waals surface area (Å²) in [6.45, 7) is 4.74. The van der Waals surface area contributed by atoms with Crippen LogP contribution in [0.3, 0.4) is 0 Å². The van der Waals surface area contributed by atoms with Crippen molar-refractivity contribution >= 4 is 38.5 Å². The Balaban J connectivity index is 1.56. The van der Waals surface area contributed by atoms with E-state index in [0.717, 1.165) is 46.3 Å². The van der Waals surface area contributed by atoms with Crippen LogP contribution in [0.15, 0.2) is 41.7 Å². The molecule has 1 aliphatic rings. The average molecular weight is 406 g/mol. The van der Waals surface area contributed by atoms with E-state index in [0.29, 0.717) is 19.0 Å². The second-order valence-corrected chi connectivity index (χ2v) is 8.54. The summed E-state index contributed by atoms with van der Waals surface area (Å²) in [6, 6.07) is 8.06. The summed E-state index contributed by atoms with van der Waals surface area (Å²) < 4.78 is 3.76. The fraction of sp³-hybridized carbons (Fsp3) is 0.318. The first kappa shape index (κ1) is 18.1. The zero-order valence-electron chi connectivity index (χ0n) is 16.4. The van der Waals surface area contributed by atoms with E-state index >= 15 is 0 Å². The van der Waals surface area contributed by atoms with Crippen LogP contribution in [-0.4, -0.2) is 19.1 Å². The maximum atomic E-state index is 13.3. The van der Waals surface area contributed by atoms with Gasteiger partial charge in [0.15, 0.2) is 0 Å². The minimum absolute atomic E-state index is 0.0294. The van der Waals surface area contributed by atoms with Crippen molar-refractivity contribution < 1.29 is 0 Å². The largest absolute Gasteiger partial charge is 0.348 e. The number of rotatable bonds is 5. The molecule has 0 bridgehead atoms. The molecule has 0 saturated heterocycles. The topological polar surface area (TPSA) is 64.7 Å². The number of aryl methyl sites for hydroxylation is 3. The van der Waals surface area contributed by atoms with Crippen LogP contribution >= 0.6 is 11.3 Å². The summed E-state index contributed by atoms with van der Waals surface area (Å²) in [6.07, 6.45) is 6.12. The van der Waals surface area contributed by atoms with Gasteiger partial charge in [-0.05, 0) is 43.4 Å². The molecular weight excluding hydrogens is 382 g/mol. The summed E-state index contributed by atoms with van der Waals surface area (Å²) in [4.78, 5) is 25.0. The molecule has 3 heterocycles. The van der Waals surface area contributed by atoms with Crippen molar-refractivity contribution in [2.75, 3.05) is 5.32 Å². The fourth-order valence-electron chi connectivity index (χ4n) is 4.18. The highest BCUT2D eigenvalue weighted by Crippen LogP contribution is 2.34. The van der Waals surface area contributed by atoms with Crippen molar-refractivity contribution in [3.05, 3.63) is 63.5 Å². The Hall–Kier alpha value is -2.93. The van der Waals surface area contributed by atoms with Crippen LogP contribution in [0.25, 0.3) is 21.3 Å². The van der Waals surface area contributed by atoms with E-state index in [1.165, 1.54) is 16.9 Å². The Labute approximate surface area is 172 Å². The molecule has 5 rings (SSSR count). The summed E-state index contributed by atoms with van der Waals surface area (Å²) >= 11 is 1.67. The van der Waals surface area contributed by atoms with Gasteiger partial charge in [0.1, 0.15) is 10.7 Å². The third-order valence-corrected chi connectivity index (χ3v) is 6.86. The third kappa shape index (κ3) is 2.97. The maximum absolute atomic E-state index is 13.3. The lowest BCUT2D eigenvalue weighted by Gasteiger charge is -2.13. The fourth-order valence-corrected chi connectivity index (χ4v) is 5.44. The first-order valence-corrected chi connectivity index (χ1v) is 10.8. The molecule has 1 N–H and O–H groups in total. The molecule has 1 aliphatic carbocycles. The van der Waals surface area contributed by atoms with Crippen LogP contribution in [0, 0.1) is 0 Å². The van der Waals surface area contributed by atoms with Crippen LogP contribution in [0.1, 0.15) is 29.1 Å². The highest BCUT2D eigenvalue weighted by atomic mass is 32.1. The van der Waals surface area contributed by atoms with Gasteiger partial charge >= 0.3 is 0 Å². The molecule has 1 aromatic carbocycles. The highest BCUT2D eigenvalue weighted by molar-refractivity contribution is 7.18. The van der Waals surface area contributed by atoms with Gasteiger partial charge in [0.2, 0.25) is 5.95 Å². The molecule has 0 atom stereocenters. The van der Waals surface area contributed by atoms with Gasteiger partial charge in [0.05, 0.1) is 23.0 Å². The number of hydrogen-bond acceptors (Lipinski definition) is 5. The Kier molecular flexibility index (Phi) is 4.47. The second kappa shape index (κ2) is 7.15. The van der Waals surface area contributed by atoms with Gasteiger partial charge in [0, 0.05) is 18.5 Å². The number of nitrogens with one attached hydrogen (secondary N) is 1. The van der Waals surface area contributed by atoms with Crippen molar-refractivity contribution in [3.63, 3.8) is 0 Å². The number of fused-ring (bicyclic) bond motifs is 4. The predicted octanol–water partition coefficient (Wildman–Crippen LogP) is 4.02. The Morgan fingerprint density at radius 2 is 2.07 bits per heavy atom. The molecule has 0 saturated carbocycles. The quantitative estimate of drug-likeness (QED) is 0.509. The van der Waals surface area contributed by atoms with E-state index in [-0.39, 0.29) is 5.56 Å². The molecule has 0 radical (unpaired) electrons. The lowest BCUT2D eigenvalue weighted by atomic mass is 9.97. The standard InChI is InChI=1S/C22H23N5OS/c1-3-12-27-21(28)19-14-8-4-7-11-17(14)29-20(19)25-22(27)23-13-18-24-15-9-5-6-10-16(15)26(18)2/h3,5-6,9-10H,1,4,7-8,11-13H2,2H3,(H,23,25). The molecule has 0 spiro atoms. The maximum Gasteiger partial charge on any atom is 0.264 e. The van der Waals surface area contributed by atoms with Crippen molar-refractivity contribution in [2.24, 2.45) is 7.05 Å². The zero-order valence-corrected chi connectivity index (χ0v) is 17.3. The lowest BCUT2D eigenvalue weighted by molar-refractivity contribution is 0.698. The normalized spacial score (nSPS) is 13.7. The van der Waals surface area contributed by atoms with Crippen molar-refractivity contribution in [1.82, 2.24) is 19.1 Å². The van der Waals surface area contributed by atoms with Gasteiger partial charge in [-0.15, -0.1) is 17.9 Å². The Morgan fingerprint density at radius 1 is 1.24 bits per heavy atom. The molecule has 6 nitrogen and oxygen atoms in total. The number of allylic oxidation sites excluding steroid dienone is 1. The first-order valence-electron chi connectivity index (χ1n) is 9.97. The Morgan fingerprint density at radius 3 is 2.90 bits per heavy atom. The summed E-state index contributed by atoms with van der Waals surface area (Å²) in [5, 5.41) is 4.16. The van der Waals surface area contributed by atoms with Gasteiger partial charge in [-0.1, -0.05) is 18.2 Å². The minimum atomic E-state index is 0.0294. The van der Waals surface area contributed by atoms with Crippen LogP contribution < -0.4 is 10.9 Å². The molecule has 3 aromatic heterocycles. The molecule has 0 fully saturated rings. The molecule has 29 heavy (non-hydrogen) atoms. The van der Waals surface area contributed by atoms with Gasteiger partial charge in [-0.2, -0.15) is 0 Å². The van der Waals surface area contributed by atoms with Crippen molar-refractivity contribution in [1.29, 1.82) is 0 Å². The van der Waals surface area contributed by atoms with Crippen molar-refractivity contribution in [2.45, 2.75) is 38.8 Å². The molecule has 148 valence electrons. The zero-order chi connectivity index (χ0) is 20.0. The first-order chi connectivity index (χ1) is 14.2. The summed E-state index contributed by atoms with van der Waals surface area (Å²) in [5.41, 5.74) is 3.29. The van der Waals surface area contributed by atoms with Crippen LogP contribution in [-0.2, 0) is 33.0 Å². The molecule has 0 aliphatic heterocycles. The van der Waals surface area contributed by atoms with Gasteiger partial charge in [0.25, 0.3) is 5.56 Å². The van der Waals surface area contributed by atoms with Gasteiger partial charge < -0.3 is 9.88 Å². The number of anilines is 1.